The number of rotatable bonds is 7. The number of amides is 2. The summed E-state index contributed by atoms with van der Waals surface area (Å²) < 4.78 is 42.5. The van der Waals surface area contributed by atoms with Gasteiger partial charge in [-0.05, 0) is 67.3 Å². The molecule has 20 heteroatoms. The summed E-state index contributed by atoms with van der Waals surface area (Å²) in [6.45, 7) is 8.26. The average Bonchev–Trinajstić information content (AvgIpc) is 4.06. The number of alkyl carbamates (subject to hydrolysis) is 2. The standard InChI is InChI=1S/C21H23N5O2S.C17H15N5O2S.C2HF3O/c1-21(2,3)26-19-17-18(29-16(25-17)11-23-20(27)28-4)14-6-5-12(9-15(14)24-19)13-7-8-22-10-13;1-24-17(23)20-8-13-22-14-15(25-13)11-3-2-9(10-4-5-19-7-10)6-12(11)21-16(14)18;3-2(4,5)1-6/h5-9H,10-11H2,1-4H3,(H,23,27)(H,24,26);2-6H,7-8H2,1H3,(H2,18,21)(H,20,23);1H. The summed E-state index contributed by atoms with van der Waals surface area (Å²) in [5.74, 6) is 1.13. The van der Waals surface area contributed by atoms with Crippen molar-refractivity contribution in [1.29, 1.82) is 0 Å². The number of anilines is 2. The molecule has 0 atom stereocenters. The highest BCUT2D eigenvalue weighted by atomic mass is 32.1. The number of nitrogens with one attached hydrogen (secondary N) is 3. The van der Waals surface area contributed by atoms with E-state index in [2.05, 4.69) is 90.4 Å². The van der Waals surface area contributed by atoms with Crippen molar-refractivity contribution in [2.24, 2.45) is 9.98 Å². The third-order valence-corrected chi connectivity index (χ3v) is 10.7. The molecule has 0 bridgehead atoms. The van der Waals surface area contributed by atoms with E-state index in [1.165, 1.54) is 31.1 Å². The number of carbonyl (C=O) groups excluding carboxylic acids is 3. The Kier molecular flexibility index (Phi) is 13.0. The van der Waals surface area contributed by atoms with Gasteiger partial charge in [-0.15, -0.1) is 22.7 Å². The van der Waals surface area contributed by atoms with Crippen molar-refractivity contribution in [3.05, 3.63) is 69.7 Å². The Morgan fingerprint density at radius 2 is 1.23 bits per heavy atom. The number of halogens is 3. The zero-order valence-corrected chi connectivity index (χ0v) is 34.6. The van der Waals surface area contributed by atoms with Gasteiger partial charge in [0.05, 0.1) is 60.8 Å². The molecule has 0 aliphatic carbocycles. The molecular formula is C40H39F3N10O5S2. The van der Waals surface area contributed by atoms with E-state index in [-0.39, 0.29) is 12.1 Å². The first-order chi connectivity index (χ1) is 28.5. The van der Waals surface area contributed by atoms with Crippen LogP contribution in [0.4, 0.5) is 34.4 Å². The highest BCUT2D eigenvalue weighted by molar-refractivity contribution is 7.20. The number of pyridine rings is 2. The second-order valence-corrected chi connectivity index (χ2v) is 16.2. The van der Waals surface area contributed by atoms with Gasteiger partial charge in [0, 0.05) is 28.7 Å². The number of aromatic nitrogens is 4. The van der Waals surface area contributed by atoms with Crippen LogP contribution >= 0.6 is 22.7 Å². The minimum Gasteiger partial charge on any atom is -0.453 e. The number of benzene rings is 2. The van der Waals surface area contributed by atoms with Crippen LogP contribution in [0.3, 0.4) is 0 Å². The third-order valence-electron chi connectivity index (χ3n) is 8.56. The normalized spacial score (nSPS) is 13.3. The fourth-order valence-corrected chi connectivity index (χ4v) is 8.00. The highest BCUT2D eigenvalue weighted by Crippen LogP contribution is 2.37. The van der Waals surface area contributed by atoms with Crippen LogP contribution in [0.5, 0.6) is 0 Å². The summed E-state index contributed by atoms with van der Waals surface area (Å²) in [4.78, 5) is 58.5. The van der Waals surface area contributed by atoms with Crippen molar-refractivity contribution in [3.8, 4) is 0 Å². The second-order valence-electron chi connectivity index (χ2n) is 14.1. The number of alkyl halides is 3. The number of fused-ring (bicyclic) bond motifs is 6. The van der Waals surface area contributed by atoms with E-state index >= 15 is 0 Å². The summed E-state index contributed by atoms with van der Waals surface area (Å²) in [7, 11) is 2.67. The number of hydrogen-bond donors (Lipinski definition) is 4. The molecule has 0 radical (unpaired) electrons. The quantitative estimate of drug-likeness (QED) is 0.114. The number of allylic oxidation sites excluding steroid dienone is 2. The van der Waals surface area contributed by atoms with Gasteiger partial charge < -0.3 is 31.2 Å². The Hall–Kier alpha value is -6.54. The molecule has 2 aromatic carbocycles. The molecule has 60 heavy (non-hydrogen) atoms. The number of aliphatic imine (C=N–C) groups is 2. The molecule has 5 N–H and O–H groups in total. The number of aldehydes is 1. The molecule has 0 spiro atoms. The Labute approximate surface area is 348 Å². The zero-order valence-electron chi connectivity index (χ0n) is 32.9. The smallest absolute Gasteiger partial charge is 0.446 e. The van der Waals surface area contributed by atoms with Crippen molar-refractivity contribution in [1.82, 2.24) is 30.6 Å². The zero-order chi connectivity index (χ0) is 43.2. The number of thiazole rings is 2. The Balaban J connectivity index is 0.000000179. The number of carbonyl (C=O) groups is 3. The maximum absolute atomic E-state index is 11.4. The van der Waals surface area contributed by atoms with Crippen molar-refractivity contribution < 1.29 is 37.0 Å². The van der Waals surface area contributed by atoms with Crippen LogP contribution in [-0.4, -0.2) is 89.9 Å². The molecule has 312 valence electrons. The number of hydrogen-bond acceptors (Lipinski definition) is 15. The average molecular weight is 861 g/mol. The Bertz CT molecular complexity index is 2740. The number of nitrogens with zero attached hydrogens (tertiary/aromatic N) is 6. The first-order valence-electron chi connectivity index (χ1n) is 18.1. The van der Waals surface area contributed by atoms with Gasteiger partial charge in [0.25, 0.3) is 0 Å². The van der Waals surface area contributed by atoms with E-state index in [4.69, 9.17) is 20.5 Å². The van der Waals surface area contributed by atoms with Crippen molar-refractivity contribution in [2.75, 3.05) is 38.4 Å². The summed E-state index contributed by atoms with van der Waals surface area (Å²) >= 11 is 3.05. The van der Waals surface area contributed by atoms with Gasteiger partial charge in [0.1, 0.15) is 21.0 Å². The lowest BCUT2D eigenvalue weighted by Gasteiger charge is -2.22. The van der Waals surface area contributed by atoms with Crippen LogP contribution in [0.25, 0.3) is 53.4 Å². The number of methoxy groups -OCH3 is 2. The van der Waals surface area contributed by atoms with Gasteiger partial charge in [0.2, 0.25) is 6.29 Å². The van der Waals surface area contributed by atoms with Gasteiger partial charge in [-0.3, -0.25) is 14.8 Å². The molecule has 15 nitrogen and oxygen atoms in total. The summed E-state index contributed by atoms with van der Waals surface area (Å²) in [5, 5.41) is 12.4. The topological polar surface area (TPSA) is 208 Å². The lowest BCUT2D eigenvalue weighted by Crippen LogP contribution is -2.26. The predicted octanol–water partition coefficient (Wildman–Crippen LogP) is 7.88. The largest absolute Gasteiger partial charge is 0.453 e. The third kappa shape index (κ3) is 10.5. The van der Waals surface area contributed by atoms with E-state index < -0.39 is 24.6 Å². The highest BCUT2D eigenvalue weighted by Gasteiger charge is 2.25. The molecule has 6 heterocycles. The molecule has 8 rings (SSSR count). The molecular weight excluding hydrogens is 822 g/mol. The summed E-state index contributed by atoms with van der Waals surface area (Å²) in [6.07, 6.45) is 1.03. The van der Waals surface area contributed by atoms with Gasteiger partial charge >= 0.3 is 18.4 Å². The van der Waals surface area contributed by atoms with E-state index in [1.54, 1.807) is 11.3 Å². The fraction of sp³-hybridized carbons (Fsp3) is 0.275. The number of ether oxygens (including phenoxy) is 2. The second kappa shape index (κ2) is 18.2. The van der Waals surface area contributed by atoms with E-state index in [0.29, 0.717) is 31.0 Å². The van der Waals surface area contributed by atoms with Crippen molar-refractivity contribution in [2.45, 2.75) is 45.6 Å². The first kappa shape index (κ1) is 43.0. The van der Waals surface area contributed by atoms with Crippen LogP contribution in [0, 0.1) is 0 Å². The van der Waals surface area contributed by atoms with E-state index in [0.717, 1.165) is 69.3 Å². The molecule has 6 aromatic rings. The Morgan fingerprint density at radius 1 is 0.767 bits per heavy atom. The minimum atomic E-state index is -4.64. The number of nitrogens with two attached hydrogens (primary N) is 1. The molecule has 4 aromatic heterocycles. The van der Waals surface area contributed by atoms with Gasteiger partial charge in [0.15, 0.2) is 11.6 Å². The lowest BCUT2D eigenvalue weighted by molar-refractivity contribution is -0.156. The van der Waals surface area contributed by atoms with Gasteiger partial charge in [-0.1, -0.05) is 24.3 Å². The van der Waals surface area contributed by atoms with Crippen molar-refractivity contribution >= 4 is 119 Å². The molecule has 0 saturated heterocycles. The molecule has 2 aliphatic rings. The van der Waals surface area contributed by atoms with Crippen LogP contribution < -0.4 is 21.7 Å². The van der Waals surface area contributed by atoms with Crippen LogP contribution in [0.1, 0.15) is 41.9 Å². The van der Waals surface area contributed by atoms with Crippen LogP contribution in [-0.2, 0) is 27.4 Å². The van der Waals surface area contributed by atoms with Crippen molar-refractivity contribution in [3.63, 3.8) is 0 Å². The number of nitrogen functional groups attached to an aromatic ring is 1. The lowest BCUT2D eigenvalue weighted by atomic mass is 10.0. The summed E-state index contributed by atoms with van der Waals surface area (Å²) in [6, 6.07) is 12.4. The summed E-state index contributed by atoms with van der Waals surface area (Å²) in [5.41, 5.74) is 13.7. The maximum atomic E-state index is 11.4. The molecule has 2 aliphatic heterocycles. The molecule has 0 fully saturated rings. The van der Waals surface area contributed by atoms with E-state index in [9.17, 15) is 22.8 Å². The fourth-order valence-electron chi connectivity index (χ4n) is 5.92. The monoisotopic (exact) mass is 860 g/mol. The Morgan fingerprint density at radius 3 is 1.67 bits per heavy atom. The minimum absolute atomic E-state index is 0.166. The molecule has 2 amide bonds. The molecule has 0 saturated carbocycles. The van der Waals surface area contributed by atoms with Gasteiger partial charge in [-0.2, -0.15) is 13.2 Å². The van der Waals surface area contributed by atoms with Gasteiger partial charge in [-0.25, -0.2) is 29.5 Å². The van der Waals surface area contributed by atoms with Crippen LogP contribution in [0.2, 0.25) is 0 Å². The van der Waals surface area contributed by atoms with Crippen LogP contribution in [0.15, 0.2) is 58.5 Å². The first-order valence-corrected chi connectivity index (χ1v) is 19.7. The van der Waals surface area contributed by atoms with E-state index in [1.807, 2.05) is 36.7 Å². The SMILES string of the molecule is COC(=O)NCc1nc2c(N)nc3cc(C4=CC=NC4)ccc3c2s1.COC(=O)NCc1nc2c(NC(C)(C)C)nc3cc(C4=CC=NC4)ccc3c2s1.O=CC(F)(F)F. The maximum Gasteiger partial charge on any atom is 0.446 e. The predicted molar refractivity (Wildman–Crippen MR) is 231 cm³/mol. The molecule has 0 unspecified atom stereocenters.